The molecule has 1 amide bonds. The number of hydrogen-bond acceptors (Lipinski definition) is 7. The Bertz CT molecular complexity index is 1300. The molecule has 1 N–H and O–H groups in total. The molecule has 0 radical (unpaired) electrons. The summed E-state index contributed by atoms with van der Waals surface area (Å²) in [6, 6.07) is 22.1. The summed E-state index contributed by atoms with van der Waals surface area (Å²) in [5.74, 6) is 1.61. The second-order valence-electron chi connectivity index (χ2n) is 7.32. The fraction of sp³-hybridized carbons (Fsp3) is 0.208. The van der Waals surface area contributed by atoms with Crippen LogP contribution in [0.25, 0.3) is 5.69 Å². The highest BCUT2D eigenvalue weighted by Crippen LogP contribution is 2.31. The molecule has 1 atom stereocenters. The molecule has 10 heteroatoms. The molecular formula is C24H23N7OS2. The number of thioether (sulfide) groups is 2. The van der Waals surface area contributed by atoms with E-state index in [1.807, 2.05) is 60.0 Å². The van der Waals surface area contributed by atoms with Crippen molar-refractivity contribution in [2.45, 2.75) is 34.4 Å². The standard InChI is InChI=1S/C24H23N7OS2/c1-3-20(23(32)27-22-17(14-25)15-26-30(22)2)34-24-29-28-21(16-33-19-12-8-5-9-13-19)31(24)18-10-6-4-7-11-18/h4-13,15,20H,3,16H2,1-2H3,(H,27,32). The molecule has 8 nitrogen and oxygen atoms in total. The number of amides is 1. The van der Waals surface area contributed by atoms with Crippen LogP contribution in [0.1, 0.15) is 24.7 Å². The lowest BCUT2D eigenvalue weighted by atomic mass is 10.3. The molecule has 0 saturated heterocycles. The normalized spacial score (nSPS) is 11.7. The van der Waals surface area contributed by atoms with Crippen molar-refractivity contribution in [1.82, 2.24) is 24.5 Å². The number of aryl methyl sites for hydroxylation is 1. The maximum Gasteiger partial charge on any atom is 0.239 e. The summed E-state index contributed by atoms with van der Waals surface area (Å²) in [5.41, 5.74) is 1.26. The molecule has 0 saturated carbocycles. The Labute approximate surface area is 206 Å². The van der Waals surface area contributed by atoms with Crippen LogP contribution < -0.4 is 5.32 Å². The molecule has 0 bridgehead atoms. The van der Waals surface area contributed by atoms with Gasteiger partial charge in [-0.1, -0.05) is 55.1 Å². The first kappa shape index (κ1) is 23.6. The third kappa shape index (κ3) is 5.32. The van der Waals surface area contributed by atoms with Crippen molar-refractivity contribution in [2.75, 3.05) is 5.32 Å². The Morgan fingerprint density at radius 3 is 2.50 bits per heavy atom. The molecule has 0 aliphatic rings. The van der Waals surface area contributed by atoms with E-state index in [2.05, 4.69) is 38.8 Å². The Balaban J connectivity index is 1.58. The van der Waals surface area contributed by atoms with Crippen molar-refractivity contribution in [2.24, 2.45) is 7.05 Å². The van der Waals surface area contributed by atoms with Gasteiger partial charge in [-0.15, -0.1) is 22.0 Å². The zero-order chi connectivity index (χ0) is 23.9. The van der Waals surface area contributed by atoms with Gasteiger partial charge in [-0.05, 0) is 30.7 Å². The van der Waals surface area contributed by atoms with Crippen molar-refractivity contribution in [1.29, 1.82) is 5.26 Å². The highest BCUT2D eigenvalue weighted by Gasteiger charge is 2.25. The molecule has 0 aliphatic heterocycles. The summed E-state index contributed by atoms with van der Waals surface area (Å²) >= 11 is 3.04. The van der Waals surface area contributed by atoms with Crippen LogP contribution in [0.3, 0.4) is 0 Å². The quantitative estimate of drug-likeness (QED) is 0.341. The van der Waals surface area contributed by atoms with E-state index >= 15 is 0 Å². The van der Waals surface area contributed by atoms with Crippen LogP contribution in [-0.4, -0.2) is 35.7 Å². The van der Waals surface area contributed by atoms with E-state index in [0.29, 0.717) is 28.7 Å². The molecule has 2 aromatic carbocycles. The summed E-state index contributed by atoms with van der Waals surface area (Å²) in [5, 5.41) is 25.3. The van der Waals surface area contributed by atoms with Gasteiger partial charge in [-0.25, -0.2) is 0 Å². The van der Waals surface area contributed by atoms with Crippen LogP contribution in [0.5, 0.6) is 0 Å². The number of nitriles is 1. The molecule has 1 unspecified atom stereocenters. The van der Waals surface area contributed by atoms with Gasteiger partial charge in [0.15, 0.2) is 5.16 Å². The molecule has 0 fully saturated rings. The average Bonchev–Trinajstić information content (AvgIpc) is 3.44. The fourth-order valence-electron chi connectivity index (χ4n) is 3.29. The van der Waals surface area contributed by atoms with E-state index in [4.69, 9.17) is 0 Å². The highest BCUT2D eigenvalue weighted by atomic mass is 32.2. The first-order valence-corrected chi connectivity index (χ1v) is 12.5. The zero-order valence-electron chi connectivity index (χ0n) is 18.8. The predicted molar refractivity (Wildman–Crippen MR) is 134 cm³/mol. The first-order chi connectivity index (χ1) is 16.6. The van der Waals surface area contributed by atoms with Crippen molar-refractivity contribution in [3.8, 4) is 11.8 Å². The number of rotatable bonds is 9. The summed E-state index contributed by atoms with van der Waals surface area (Å²) in [7, 11) is 1.69. The Morgan fingerprint density at radius 2 is 1.82 bits per heavy atom. The van der Waals surface area contributed by atoms with Crippen molar-refractivity contribution in [3.05, 3.63) is 78.2 Å². The maximum atomic E-state index is 13.1. The molecule has 4 aromatic rings. The second-order valence-corrected chi connectivity index (χ2v) is 9.54. The number of benzene rings is 2. The molecule has 172 valence electrons. The van der Waals surface area contributed by atoms with Gasteiger partial charge < -0.3 is 5.32 Å². The van der Waals surface area contributed by atoms with Crippen molar-refractivity contribution in [3.63, 3.8) is 0 Å². The lowest BCUT2D eigenvalue weighted by Crippen LogP contribution is -2.26. The molecule has 4 rings (SSSR count). The Morgan fingerprint density at radius 1 is 1.12 bits per heavy atom. The van der Waals surface area contributed by atoms with Gasteiger partial charge in [0.25, 0.3) is 0 Å². The summed E-state index contributed by atoms with van der Waals surface area (Å²) in [4.78, 5) is 14.2. The second kappa shape index (κ2) is 11.0. The highest BCUT2D eigenvalue weighted by molar-refractivity contribution is 8.00. The van der Waals surface area contributed by atoms with E-state index in [0.717, 1.165) is 16.4 Å². The monoisotopic (exact) mass is 489 g/mol. The predicted octanol–water partition coefficient (Wildman–Crippen LogP) is 4.67. The van der Waals surface area contributed by atoms with Crippen molar-refractivity contribution >= 4 is 35.2 Å². The zero-order valence-corrected chi connectivity index (χ0v) is 20.4. The van der Waals surface area contributed by atoms with Crippen LogP contribution in [0.2, 0.25) is 0 Å². The smallest absolute Gasteiger partial charge is 0.239 e. The van der Waals surface area contributed by atoms with Gasteiger partial charge in [-0.2, -0.15) is 10.4 Å². The molecule has 0 spiro atoms. The van der Waals surface area contributed by atoms with Gasteiger partial charge in [0.2, 0.25) is 5.91 Å². The van der Waals surface area contributed by atoms with E-state index < -0.39 is 5.25 Å². The number of hydrogen-bond donors (Lipinski definition) is 1. The van der Waals surface area contributed by atoms with E-state index in [9.17, 15) is 10.1 Å². The Kier molecular flexibility index (Phi) is 7.67. The number of para-hydroxylation sites is 1. The topological polar surface area (TPSA) is 101 Å². The number of nitrogens with one attached hydrogen (secondary N) is 1. The van der Waals surface area contributed by atoms with Crippen LogP contribution in [-0.2, 0) is 17.6 Å². The molecule has 0 aliphatic carbocycles. The van der Waals surface area contributed by atoms with Gasteiger partial charge in [-0.3, -0.25) is 14.0 Å². The lowest BCUT2D eigenvalue weighted by molar-refractivity contribution is -0.115. The van der Waals surface area contributed by atoms with E-state index in [1.54, 1.807) is 18.8 Å². The lowest BCUT2D eigenvalue weighted by Gasteiger charge is -2.16. The number of anilines is 1. The molecular weight excluding hydrogens is 466 g/mol. The third-order valence-corrected chi connectivity index (χ3v) is 7.35. The SMILES string of the molecule is CCC(Sc1nnc(CSc2ccccc2)n1-c1ccccc1)C(=O)Nc1c(C#N)cnn1C. The van der Waals surface area contributed by atoms with Crippen LogP contribution in [0.4, 0.5) is 5.82 Å². The maximum absolute atomic E-state index is 13.1. The summed E-state index contributed by atoms with van der Waals surface area (Å²) in [6.07, 6.45) is 2.01. The minimum atomic E-state index is -0.428. The van der Waals surface area contributed by atoms with Crippen molar-refractivity contribution < 1.29 is 4.79 Å². The third-order valence-electron chi connectivity index (χ3n) is 5.04. The van der Waals surface area contributed by atoms with Crippen LogP contribution >= 0.6 is 23.5 Å². The minimum absolute atomic E-state index is 0.213. The van der Waals surface area contributed by atoms with Crippen LogP contribution in [0.15, 0.2) is 76.9 Å². The number of carbonyl (C=O) groups is 1. The summed E-state index contributed by atoms with van der Waals surface area (Å²) in [6.45, 7) is 1.95. The number of aromatic nitrogens is 5. The summed E-state index contributed by atoms with van der Waals surface area (Å²) < 4.78 is 3.49. The fourth-order valence-corrected chi connectivity index (χ4v) is 5.11. The molecule has 2 aromatic heterocycles. The van der Waals surface area contributed by atoms with Gasteiger partial charge in [0.05, 0.1) is 17.2 Å². The minimum Gasteiger partial charge on any atom is -0.309 e. The first-order valence-electron chi connectivity index (χ1n) is 10.7. The van der Waals surface area contributed by atoms with E-state index in [1.165, 1.54) is 22.6 Å². The average molecular weight is 490 g/mol. The van der Waals surface area contributed by atoms with Crippen LogP contribution in [0, 0.1) is 11.3 Å². The van der Waals surface area contributed by atoms with E-state index in [-0.39, 0.29) is 5.91 Å². The molecule has 34 heavy (non-hydrogen) atoms. The van der Waals surface area contributed by atoms with Gasteiger partial charge >= 0.3 is 0 Å². The molecule has 2 heterocycles. The number of carbonyl (C=O) groups excluding carboxylic acids is 1. The van der Waals surface area contributed by atoms with Gasteiger partial charge in [0, 0.05) is 17.6 Å². The largest absolute Gasteiger partial charge is 0.309 e. The number of nitrogens with zero attached hydrogens (tertiary/aromatic N) is 6. The Hall–Kier alpha value is -3.55. The van der Waals surface area contributed by atoms with Gasteiger partial charge in [0.1, 0.15) is 23.3 Å².